The molecule has 0 saturated carbocycles. The number of nitrogens with two attached hydrogens (primary N) is 2. The molecule has 0 aliphatic carbocycles. The van der Waals surface area contributed by atoms with Gasteiger partial charge in [-0.1, -0.05) is 17.7 Å². The number of benzene rings is 1. The zero-order chi connectivity index (χ0) is 9.14. The van der Waals surface area contributed by atoms with E-state index in [9.17, 15) is 0 Å². The molecule has 4 heteroatoms. The van der Waals surface area contributed by atoms with Gasteiger partial charge in [0.15, 0.2) is 0 Å². The van der Waals surface area contributed by atoms with Gasteiger partial charge in [0, 0.05) is 17.6 Å². The third-order valence-corrected chi connectivity index (χ3v) is 1.96. The predicted octanol–water partition coefficient (Wildman–Crippen LogP) is 1.00. The molecule has 1 aromatic rings. The molecule has 0 saturated heterocycles. The normalized spacial score (nSPS) is 12.9. The Kier molecular flexibility index (Phi) is 2.92. The van der Waals surface area contributed by atoms with E-state index in [1.165, 1.54) is 12.1 Å². The lowest BCUT2D eigenvalue weighted by Gasteiger charge is -2.10. The molecule has 1 atom stereocenters. The Morgan fingerprint density at radius 3 is 2.67 bits per heavy atom. The van der Waals surface area contributed by atoms with Crippen LogP contribution in [-0.2, 0) is 0 Å². The first kappa shape index (κ1) is 9.32. The summed E-state index contributed by atoms with van der Waals surface area (Å²) in [6.07, 6.45) is 0. The van der Waals surface area contributed by atoms with E-state index in [0.29, 0.717) is 11.6 Å². The highest BCUT2D eigenvalue weighted by molar-refractivity contribution is 6.31. The van der Waals surface area contributed by atoms with Crippen molar-refractivity contribution in [3.05, 3.63) is 28.8 Å². The summed E-state index contributed by atoms with van der Waals surface area (Å²) in [4.78, 5) is 0. The lowest BCUT2D eigenvalue weighted by molar-refractivity contribution is 0.475. The van der Waals surface area contributed by atoms with Crippen molar-refractivity contribution in [3.8, 4) is 5.75 Å². The van der Waals surface area contributed by atoms with Crippen LogP contribution in [0.2, 0.25) is 5.02 Å². The topological polar surface area (TPSA) is 72.3 Å². The van der Waals surface area contributed by atoms with Crippen molar-refractivity contribution in [3.63, 3.8) is 0 Å². The summed E-state index contributed by atoms with van der Waals surface area (Å²) in [6, 6.07) is 4.40. The lowest BCUT2D eigenvalue weighted by Crippen LogP contribution is -2.20. The van der Waals surface area contributed by atoms with Crippen LogP contribution in [0.3, 0.4) is 0 Å². The Morgan fingerprint density at radius 1 is 1.50 bits per heavy atom. The van der Waals surface area contributed by atoms with Crippen LogP contribution in [0.25, 0.3) is 0 Å². The number of phenols is 1. The van der Waals surface area contributed by atoms with Crippen LogP contribution in [0.4, 0.5) is 0 Å². The number of rotatable bonds is 2. The number of aromatic hydroxyl groups is 1. The van der Waals surface area contributed by atoms with Crippen LogP contribution < -0.4 is 11.5 Å². The van der Waals surface area contributed by atoms with E-state index in [0.717, 1.165) is 5.56 Å². The molecule has 1 rings (SSSR count). The van der Waals surface area contributed by atoms with E-state index in [4.69, 9.17) is 28.2 Å². The van der Waals surface area contributed by atoms with Crippen molar-refractivity contribution in [2.75, 3.05) is 6.54 Å². The molecule has 0 bridgehead atoms. The van der Waals surface area contributed by atoms with E-state index in [1.54, 1.807) is 6.07 Å². The first-order chi connectivity index (χ1) is 5.65. The molecule has 0 spiro atoms. The van der Waals surface area contributed by atoms with Crippen molar-refractivity contribution in [1.29, 1.82) is 0 Å². The molecule has 1 aromatic carbocycles. The maximum atomic E-state index is 9.04. The zero-order valence-corrected chi connectivity index (χ0v) is 7.25. The van der Waals surface area contributed by atoms with Crippen LogP contribution >= 0.6 is 11.6 Å². The van der Waals surface area contributed by atoms with Crippen molar-refractivity contribution in [1.82, 2.24) is 0 Å². The highest BCUT2D eigenvalue weighted by Gasteiger charge is 2.07. The number of hydrogen-bond acceptors (Lipinski definition) is 3. The predicted molar refractivity (Wildman–Crippen MR) is 49.1 cm³/mol. The molecule has 0 aliphatic rings. The maximum absolute atomic E-state index is 9.04. The fourth-order valence-corrected chi connectivity index (χ4v) is 1.26. The largest absolute Gasteiger partial charge is 0.508 e. The lowest BCUT2D eigenvalue weighted by atomic mass is 10.1. The van der Waals surface area contributed by atoms with Gasteiger partial charge in [0.05, 0.1) is 0 Å². The van der Waals surface area contributed by atoms with Gasteiger partial charge in [0.1, 0.15) is 5.75 Å². The summed E-state index contributed by atoms with van der Waals surface area (Å²) in [5, 5.41) is 9.49. The van der Waals surface area contributed by atoms with Gasteiger partial charge >= 0.3 is 0 Å². The minimum atomic E-state index is -0.266. The Labute approximate surface area is 75.9 Å². The Hall–Kier alpha value is -0.770. The Bertz CT molecular complexity index is 278. The summed E-state index contributed by atoms with van der Waals surface area (Å²) >= 11 is 5.81. The first-order valence-corrected chi connectivity index (χ1v) is 3.97. The zero-order valence-electron chi connectivity index (χ0n) is 6.50. The molecule has 0 amide bonds. The van der Waals surface area contributed by atoms with Crippen LogP contribution in [-0.4, -0.2) is 11.7 Å². The number of phenolic OH excluding ortho intramolecular Hbond substituents is 1. The molecular formula is C8H11ClN2O. The standard InChI is InChI=1S/C8H11ClN2O/c9-7-3-5(12)1-2-6(7)8(11)4-10/h1-3,8,12H,4,10-11H2/t8-/m1/s1. The summed E-state index contributed by atoms with van der Waals surface area (Å²) < 4.78 is 0. The highest BCUT2D eigenvalue weighted by atomic mass is 35.5. The second-order valence-corrected chi connectivity index (χ2v) is 2.96. The third kappa shape index (κ3) is 1.88. The van der Waals surface area contributed by atoms with Crippen molar-refractivity contribution >= 4 is 11.6 Å². The molecular weight excluding hydrogens is 176 g/mol. The van der Waals surface area contributed by atoms with Gasteiger partial charge in [-0.3, -0.25) is 0 Å². The summed E-state index contributed by atoms with van der Waals surface area (Å²) in [7, 11) is 0. The average molecular weight is 187 g/mol. The fraction of sp³-hybridized carbons (Fsp3) is 0.250. The maximum Gasteiger partial charge on any atom is 0.117 e. The van der Waals surface area contributed by atoms with E-state index >= 15 is 0 Å². The molecule has 0 aliphatic heterocycles. The van der Waals surface area contributed by atoms with Gasteiger partial charge < -0.3 is 16.6 Å². The van der Waals surface area contributed by atoms with Gasteiger partial charge in [-0.2, -0.15) is 0 Å². The average Bonchev–Trinajstić information content (AvgIpc) is 2.03. The highest BCUT2D eigenvalue weighted by Crippen LogP contribution is 2.24. The van der Waals surface area contributed by atoms with E-state index in [1.807, 2.05) is 0 Å². The van der Waals surface area contributed by atoms with Crippen molar-refractivity contribution in [2.45, 2.75) is 6.04 Å². The molecule has 3 nitrogen and oxygen atoms in total. The molecule has 0 radical (unpaired) electrons. The van der Waals surface area contributed by atoms with Gasteiger partial charge in [0.2, 0.25) is 0 Å². The second kappa shape index (κ2) is 3.76. The van der Waals surface area contributed by atoms with E-state index in [2.05, 4.69) is 0 Å². The minimum absolute atomic E-state index is 0.132. The molecule has 66 valence electrons. The van der Waals surface area contributed by atoms with Gasteiger partial charge in [-0.25, -0.2) is 0 Å². The van der Waals surface area contributed by atoms with Crippen LogP contribution in [0.1, 0.15) is 11.6 Å². The van der Waals surface area contributed by atoms with Crippen LogP contribution in [0.15, 0.2) is 18.2 Å². The van der Waals surface area contributed by atoms with Gasteiger partial charge in [0.25, 0.3) is 0 Å². The van der Waals surface area contributed by atoms with Crippen LogP contribution in [0.5, 0.6) is 5.75 Å². The minimum Gasteiger partial charge on any atom is -0.508 e. The Morgan fingerprint density at radius 2 is 2.17 bits per heavy atom. The van der Waals surface area contributed by atoms with Crippen molar-refractivity contribution < 1.29 is 5.11 Å². The van der Waals surface area contributed by atoms with Crippen LogP contribution in [0, 0.1) is 0 Å². The third-order valence-electron chi connectivity index (χ3n) is 1.64. The quantitative estimate of drug-likeness (QED) is 0.646. The molecule has 12 heavy (non-hydrogen) atoms. The van der Waals surface area contributed by atoms with Gasteiger partial charge in [-0.05, 0) is 17.7 Å². The molecule has 0 unspecified atom stereocenters. The summed E-state index contributed by atoms with van der Waals surface area (Å²) in [6.45, 7) is 0.338. The molecule has 5 N–H and O–H groups in total. The fourth-order valence-electron chi connectivity index (χ4n) is 0.944. The molecule has 0 heterocycles. The monoisotopic (exact) mass is 186 g/mol. The summed E-state index contributed by atoms with van der Waals surface area (Å²) in [5.74, 6) is 0.132. The number of hydrogen-bond donors (Lipinski definition) is 3. The molecule has 0 fully saturated rings. The second-order valence-electron chi connectivity index (χ2n) is 2.55. The van der Waals surface area contributed by atoms with Crippen molar-refractivity contribution in [2.24, 2.45) is 11.5 Å². The Balaban J connectivity index is 3.01. The smallest absolute Gasteiger partial charge is 0.117 e. The first-order valence-electron chi connectivity index (χ1n) is 3.59. The van der Waals surface area contributed by atoms with Gasteiger partial charge in [-0.15, -0.1) is 0 Å². The van der Waals surface area contributed by atoms with E-state index < -0.39 is 0 Å². The molecule has 0 aromatic heterocycles. The summed E-state index contributed by atoms with van der Waals surface area (Å²) in [5.41, 5.74) is 11.8. The SMILES string of the molecule is NC[C@@H](N)c1ccc(O)cc1Cl. The number of halogens is 1. The van der Waals surface area contributed by atoms with E-state index in [-0.39, 0.29) is 11.8 Å².